The van der Waals surface area contributed by atoms with Crippen LogP contribution in [0.25, 0.3) is 0 Å². The average Bonchev–Trinajstić information content (AvgIpc) is 2.55. The molecule has 1 aliphatic rings. The lowest BCUT2D eigenvalue weighted by Crippen LogP contribution is -2.54. The largest absolute Gasteiger partial charge is 0.296 e. The van der Waals surface area contributed by atoms with Crippen LogP contribution >= 0.6 is 0 Å². The third-order valence-electron chi connectivity index (χ3n) is 4.66. The maximum Gasteiger partial charge on any atom is 0.240 e. The number of piperazine rings is 1. The molecule has 1 saturated heterocycles. The second kappa shape index (κ2) is 7.75. The molecule has 0 spiro atoms. The highest BCUT2D eigenvalue weighted by Crippen LogP contribution is 2.18. The van der Waals surface area contributed by atoms with Crippen molar-refractivity contribution >= 4 is 10.0 Å². The Bertz CT molecular complexity index is 599. The molecule has 1 fully saturated rings. The molecule has 1 atom stereocenters. The maximum absolute atomic E-state index is 11.8. The molecule has 1 N–H and O–H groups in total. The molecule has 0 amide bonds. The first-order valence-electron chi connectivity index (χ1n) is 8.38. The van der Waals surface area contributed by atoms with Crippen molar-refractivity contribution < 1.29 is 8.42 Å². The SMILES string of the molecule is CC[C@@H]1CN(Cc2ccc(S(=O)(=O)NC)cc2)CCN1C(C)C. The summed E-state index contributed by atoms with van der Waals surface area (Å²) < 4.78 is 25.9. The Hall–Kier alpha value is -0.950. The predicted molar refractivity (Wildman–Crippen MR) is 93.9 cm³/mol. The predicted octanol–water partition coefficient (Wildman–Crippen LogP) is 1.90. The van der Waals surface area contributed by atoms with Gasteiger partial charge >= 0.3 is 0 Å². The first kappa shape index (κ1) is 18.4. The highest BCUT2D eigenvalue weighted by atomic mass is 32.2. The van der Waals surface area contributed by atoms with Crippen LogP contribution in [0.15, 0.2) is 29.2 Å². The van der Waals surface area contributed by atoms with Crippen LogP contribution < -0.4 is 4.72 Å². The van der Waals surface area contributed by atoms with Gasteiger partial charge in [-0.15, -0.1) is 0 Å². The fraction of sp³-hybridized carbons (Fsp3) is 0.647. The third kappa shape index (κ3) is 4.53. The first-order valence-corrected chi connectivity index (χ1v) is 9.86. The van der Waals surface area contributed by atoms with E-state index < -0.39 is 10.0 Å². The highest BCUT2D eigenvalue weighted by Gasteiger charge is 2.27. The van der Waals surface area contributed by atoms with E-state index in [9.17, 15) is 8.42 Å². The topological polar surface area (TPSA) is 52.7 Å². The summed E-state index contributed by atoms with van der Waals surface area (Å²) in [7, 11) is -1.91. The van der Waals surface area contributed by atoms with Gasteiger partial charge in [-0.2, -0.15) is 0 Å². The number of hydrogen-bond acceptors (Lipinski definition) is 4. The molecule has 1 aromatic rings. The zero-order valence-electron chi connectivity index (χ0n) is 14.6. The number of nitrogens with one attached hydrogen (secondary N) is 1. The van der Waals surface area contributed by atoms with Gasteiger partial charge < -0.3 is 0 Å². The molecule has 6 heteroatoms. The number of nitrogens with zero attached hydrogens (tertiary/aromatic N) is 2. The van der Waals surface area contributed by atoms with Crippen LogP contribution in [0.5, 0.6) is 0 Å². The quantitative estimate of drug-likeness (QED) is 0.860. The molecule has 0 bridgehead atoms. The third-order valence-corrected chi connectivity index (χ3v) is 6.09. The Balaban J connectivity index is 2.00. The van der Waals surface area contributed by atoms with Crippen LogP contribution in [0.2, 0.25) is 0 Å². The van der Waals surface area contributed by atoms with Gasteiger partial charge in [-0.25, -0.2) is 13.1 Å². The fourth-order valence-corrected chi connectivity index (χ4v) is 4.00. The Morgan fingerprint density at radius 3 is 2.39 bits per heavy atom. The van der Waals surface area contributed by atoms with E-state index in [2.05, 4.69) is 35.3 Å². The zero-order chi connectivity index (χ0) is 17.0. The highest BCUT2D eigenvalue weighted by molar-refractivity contribution is 7.89. The van der Waals surface area contributed by atoms with Crippen LogP contribution in [0, 0.1) is 0 Å². The molecule has 0 saturated carbocycles. The van der Waals surface area contributed by atoms with Gasteiger partial charge in [0.25, 0.3) is 0 Å². The van der Waals surface area contributed by atoms with Crippen LogP contribution in [0.4, 0.5) is 0 Å². The zero-order valence-corrected chi connectivity index (χ0v) is 15.4. The van der Waals surface area contributed by atoms with Crippen molar-refractivity contribution in [3.63, 3.8) is 0 Å². The smallest absolute Gasteiger partial charge is 0.240 e. The second-order valence-electron chi connectivity index (χ2n) is 6.48. The van der Waals surface area contributed by atoms with Crippen molar-refractivity contribution in [2.24, 2.45) is 0 Å². The van der Waals surface area contributed by atoms with Crippen molar-refractivity contribution in [1.82, 2.24) is 14.5 Å². The van der Waals surface area contributed by atoms with Crippen molar-refractivity contribution in [1.29, 1.82) is 0 Å². The maximum atomic E-state index is 11.8. The summed E-state index contributed by atoms with van der Waals surface area (Å²) in [6, 6.07) is 8.40. The van der Waals surface area contributed by atoms with Crippen molar-refractivity contribution in [3.05, 3.63) is 29.8 Å². The summed E-state index contributed by atoms with van der Waals surface area (Å²) in [5.41, 5.74) is 1.16. The molecular weight excluding hydrogens is 310 g/mol. The van der Waals surface area contributed by atoms with Gasteiger partial charge in [0.05, 0.1) is 4.90 Å². The summed E-state index contributed by atoms with van der Waals surface area (Å²) in [4.78, 5) is 5.37. The van der Waals surface area contributed by atoms with E-state index in [-0.39, 0.29) is 0 Å². The molecule has 0 unspecified atom stereocenters. The molecule has 0 aliphatic carbocycles. The fourth-order valence-electron chi connectivity index (χ4n) is 3.27. The lowest BCUT2D eigenvalue weighted by molar-refractivity contribution is 0.0457. The van der Waals surface area contributed by atoms with E-state index in [1.165, 1.54) is 7.05 Å². The Kier molecular flexibility index (Phi) is 6.19. The van der Waals surface area contributed by atoms with Crippen molar-refractivity contribution in [2.45, 2.75) is 50.7 Å². The van der Waals surface area contributed by atoms with Crippen molar-refractivity contribution in [2.75, 3.05) is 26.7 Å². The van der Waals surface area contributed by atoms with E-state index in [1.54, 1.807) is 12.1 Å². The van der Waals surface area contributed by atoms with Gasteiger partial charge in [-0.05, 0) is 45.0 Å². The molecule has 130 valence electrons. The van der Waals surface area contributed by atoms with Gasteiger partial charge in [-0.1, -0.05) is 19.1 Å². The van der Waals surface area contributed by atoms with E-state index in [0.29, 0.717) is 17.0 Å². The Morgan fingerprint density at radius 1 is 1.22 bits per heavy atom. The molecule has 1 aromatic carbocycles. The molecule has 23 heavy (non-hydrogen) atoms. The van der Waals surface area contributed by atoms with E-state index in [1.807, 2.05) is 12.1 Å². The lowest BCUT2D eigenvalue weighted by atomic mass is 10.1. The number of rotatable bonds is 6. The van der Waals surface area contributed by atoms with Crippen LogP contribution in [0.1, 0.15) is 32.8 Å². The number of sulfonamides is 1. The second-order valence-corrected chi connectivity index (χ2v) is 8.37. The molecule has 0 aromatic heterocycles. The summed E-state index contributed by atoms with van der Waals surface area (Å²) in [5, 5.41) is 0. The Morgan fingerprint density at radius 2 is 1.87 bits per heavy atom. The van der Waals surface area contributed by atoms with Gasteiger partial charge in [0.15, 0.2) is 0 Å². The van der Waals surface area contributed by atoms with Gasteiger partial charge in [0.1, 0.15) is 0 Å². The molecule has 1 aliphatic heterocycles. The minimum absolute atomic E-state index is 0.319. The van der Waals surface area contributed by atoms with E-state index >= 15 is 0 Å². The normalized spacial score (nSPS) is 21.0. The molecule has 0 radical (unpaired) electrons. The molecular formula is C17H29N3O2S. The standard InChI is InChI=1S/C17H29N3O2S/c1-5-16-13-19(10-11-20(16)14(2)3)12-15-6-8-17(9-7-15)23(21,22)18-4/h6-9,14,16,18H,5,10-13H2,1-4H3/t16-/m1/s1. The number of hydrogen-bond donors (Lipinski definition) is 1. The monoisotopic (exact) mass is 339 g/mol. The summed E-state index contributed by atoms with van der Waals surface area (Å²) >= 11 is 0. The molecule has 1 heterocycles. The molecule has 2 rings (SSSR count). The van der Waals surface area contributed by atoms with Crippen LogP contribution in [0.3, 0.4) is 0 Å². The summed E-state index contributed by atoms with van der Waals surface area (Å²) in [5.74, 6) is 0. The van der Waals surface area contributed by atoms with E-state index in [0.717, 1.165) is 38.2 Å². The van der Waals surface area contributed by atoms with Crippen molar-refractivity contribution in [3.8, 4) is 0 Å². The minimum atomic E-state index is -3.35. The van der Waals surface area contributed by atoms with Crippen LogP contribution in [-0.2, 0) is 16.6 Å². The molecule has 5 nitrogen and oxygen atoms in total. The first-order chi connectivity index (χ1) is 10.9. The minimum Gasteiger partial charge on any atom is -0.296 e. The van der Waals surface area contributed by atoms with Gasteiger partial charge in [0.2, 0.25) is 10.0 Å². The number of benzene rings is 1. The van der Waals surface area contributed by atoms with Gasteiger partial charge in [0, 0.05) is 38.3 Å². The summed E-state index contributed by atoms with van der Waals surface area (Å²) in [6.45, 7) is 10.9. The summed E-state index contributed by atoms with van der Waals surface area (Å²) in [6.07, 6.45) is 1.16. The van der Waals surface area contributed by atoms with E-state index in [4.69, 9.17) is 0 Å². The Labute approximate surface area is 140 Å². The van der Waals surface area contributed by atoms with Crippen LogP contribution in [-0.4, -0.2) is 57.0 Å². The van der Waals surface area contributed by atoms with Gasteiger partial charge in [-0.3, -0.25) is 9.80 Å². The average molecular weight is 340 g/mol. The lowest BCUT2D eigenvalue weighted by Gasteiger charge is -2.43.